The Morgan fingerprint density at radius 3 is 2.89 bits per heavy atom. The highest BCUT2D eigenvalue weighted by molar-refractivity contribution is 5.90. The third-order valence-corrected chi connectivity index (χ3v) is 2.80. The van der Waals surface area contributed by atoms with Crippen molar-refractivity contribution in [3.63, 3.8) is 0 Å². The second kappa shape index (κ2) is 5.09. The van der Waals surface area contributed by atoms with E-state index in [2.05, 4.69) is 4.98 Å². The minimum Gasteiger partial charge on any atom is -0.478 e. The first kappa shape index (κ1) is 13.1. The van der Waals surface area contributed by atoms with Crippen LogP contribution in [-0.2, 0) is 6.42 Å². The van der Waals surface area contributed by atoms with Gasteiger partial charge in [-0.15, -0.1) is 0 Å². The first-order chi connectivity index (χ1) is 9.04. The zero-order valence-corrected chi connectivity index (χ0v) is 10.4. The highest BCUT2D eigenvalue weighted by Gasteiger charge is 2.16. The quantitative estimate of drug-likeness (QED) is 0.829. The highest BCUT2D eigenvalue weighted by atomic mass is 19.1. The lowest BCUT2D eigenvalue weighted by atomic mass is 10.1. The number of nitrogen functional groups attached to an aromatic ring is 1. The number of aromatic nitrogens is 2. The van der Waals surface area contributed by atoms with Crippen LogP contribution in [0.2, 0.25) is 0 Å². The zero-order chi connectivity index (χ0) is 14.0. The maximum absolute atomic E-state index is 13.7. The molecule has 0 atom stereocenters. The minimum absolute atomic E-state index is 0.203. The van der Waals surface area contributed by atoms with E-state index in [9.17, 15) is 9.18 Å². The van der Waals surface area contributed by atoms with E-state index in [4.69, 9.17) is 10.8 Å². The van der Waals surface area contributed by atoms with Crippen LogP contribution in [0.25, 0.3) is 5.69 Å². The number of benzene rings is 1. The molecule has 0 spiro atoms. The topological polar surface area (TPSA) is 81.1 Å². The second-order valence-electron chi connectivity index (χ2n) is 4.16. The van der Waals surface area contributed by atoms with E-state index in [1.54, 1.807) is 17.0 Å². The van der Waals surface area contributed by atoms with Crippen molar-refractivity contribution in [2.75, 3.05) is 5.73 Å². The standard InChI is InChI=1S/C13H14FN3O2/c1-2-3-12-16-4-5-17(12)11-7-9(14)8(13(18)19)6-10(11)15/h4-7H,2-3,15H2,1H3,(H,18,19). The van der Waals surface area contributed by atoms with Crippen LogP contribution in [0.1, 0.15) is 29.5 Å². The average Bonchev–Trinajstić information content (AvgIpc) is 2.80. The monoisotopic (exact) mass is 263 g/mol. The fourth-order valence-electron chi connectivity index (χ4n) is 1.91. The molecule has 19 heavy (non-hydrogen) atoms. The lowest BCUT2D eigenvalue weighted by molar-refractivity contribution is 0.0692. The lowest BCUT2D eigenvalue weighted by Crippen LogP contribution is -2.08. The average molecular weight is 263 g/mol. The number of halogens is 1. The summed E-state index contributed by atoms with van der Waals surface area (Å²) in [6.45, 7) is 2.01. The van der Waals surface area contributed by atoms with E-state index in [1.807, 2.05) is 6.92 Å². The molecule has 0 aliphatic rings. The number of hydrogen-bond donors (Lipinski definition) is 2. The van der Waals surface area contributed by atoms with Gasteiger partial charge in [-0.1, -0.05) is 6.92 Å². The molecule has 1 aromatic heterocycles. The van der Waals surface area contributed by atoms with Crippen LogP contribution in [0.5, 0.6) is 0 Å². The lowest BCUT2D eigenvalue weighted by Gasteiger charge is -2.11. The smallest absolute Gasteiger partial charge is 0.338 e. The van der Waals surface area contributed by atoms with Crippen LogP contribution in [0.15, 0.2) is 24.5 Å². The molecule has 0 saturated heterocycles. The van der Waals surface area contributed by atoms with E-state index >= 15 is 0 Å². The number of carboxylic acid groups (broad SMARTS) is 1. The molecule has 0 aliphatic heterocycles. The Morgan fingerprint density at radius 2 is 2.26 bits per heavy atom. The molecule has 0 aliphatic carbocycles. The first-order valence-electron chi connectivity index (χ1n) is 5.89. The Labute approximate surface area is 109 Å². The molecule has 1 heterocycles. The Bertz CT molecular complexity index is 622. The van der Waals surface area contributed by atoms with Crippen molar-refractivity contribution in [3.8, 4) is 5.69 Å². The molecule has 6 heteroatoms. The normalized spacial score (nSPS) is 10.6. The summed E-state index contributed by atoms with van der Waals surface area (Å²) in [6.07, 6.45) is 4.91. The van der Waals surface area contributed by atoms with Gasteiger partial charge in [-0.25, -0.2) is 14.2 Å². The van der Waals surface area contributed by atoms with Crippen LogP contribution in [0.3, 0.4) is 0 Å². The summed E-state index contributed by atoms with van der Waals surface area (Å²) in [7, 11) is 0. The number of nitrogens with zero attached hydrogens (tertiary/aromatic N) is 2. The molecule has 0 unspecified atom stereocenters. The summed E-state index contributed by atoms with van der Waals surface area (Å²) in [6, 6.07) is 2.25. The number of aromatic carboxylic acids is 1. The van der Waals surface area contributed by atoms with E-state index in [-0.39, 0.29) is 5.69 Å². The number of hydrogen-bond acceptors (Lipinski definition) is 3. The second-order valence-corrected chi connectivity index (χ2v) is 4.16. The molecule has 1 aromatic carbocycles. The molecule has 0 amide bonds. The summed E-state index contributed by atoms with van der Waals surface area (Å²) >= 11 is 0. The number of carbonyl (C=O) groups is 1. The van der Waals surface area contributed by atoms with Crippen LogP contribution in [0.4, 0.5) is 10.1 Å². The molecule has 5 nitrogen and oxygen atoms in total. The van der Waals surface area contributed by atoms with Crippen molar-refractivity contribution >= 4 is 11.7 Å². The Balaban J connectivity index is 2.54. The van der Waals surface area contributed by atoms with Crippen molar-refractivity contribution in [1.82, 2.24) is 9.55 Å². The number of imidazole rings is 1. The van der Waals surface area contributed by atoms with Gasteiger partial charge in [-0.2, -0.15) is 0 Å². The van der Waals surface area contributed by atoms with Crippen molar-refractivity contribution in [2.24, 2.45) is 0 Å². The van der Waals surface area contributed by atoms with Gasteiger partial charge in [0.1, 0.15) is 11.6 Å². The maximum atomic E-state index is 13.7. The summed E-state index contributed by atoms with van der Waals surface area (Å²) in [5, 5.41) is 8.84. The molecule has 3 N–H and O–H groups in total. The van der Waals surface area contributed by atoms with Crippen molar-refractivity contribution in [2.45, 2.75) is 19.8 Å². The predicted molar refractivity (Wildman–Crippen MR) is 68.9 cm³/mol. The molecule has 2 rings (SSSR count). The third-order valence-electron chi connectivity index (χ3n) is 2.80. The summed E-state index contributed by atoms with van der Waals surface area (Å²) in [4.78, 5) is 15.0. The Hall–Kier alpha value is -2.37. The van der Waals surface area contributed by atoms with Gasteiger partial charge in [0.15, 0.2) is 0 Å². The number of aryl methyl sites for hydroxylation is 1. The van der Waals surface area contributed by atoms with Gasteiger partial charge in [0, 0.05) is 24.9 Å². The van der Waals surface area contributed by atoms with E-state index < -0.39 is 17.3 Å². The third kappa shape index (κ3) is 2.42. The molecule has 2 aromatic rings. The summed E-state index contributed by atoms with van der Waals surface area (Å²) in [5.41, 5.74) is 5.98. The number of rotatable bonds is 4. The SMILES string of the molecule is CCCc1nccn1-c1cc(F)c(C(=O)O)cc1N. The van der Waals surface area contributed by atoms with Crippen LogP contribution < -0.4 is 5.73 Å². The van der Waals surface area contributed by atoms with Gasteiger partial charge in [0.2, 0.25) is 0 Å². The first-order valence-corrected chi connectivity index (χ1v) is 5.89. The largest absolute Gasteiger partial charge is 0.478 e. The highest BCUT2D eigenvalue weighted by Crippen LogP contribution is 2.23. The molecule has 0 radical (unpaired) electrons. The van der Waals surface area contributed by atoms with Gasteiger partial charge < -0.3 is 15.4 Å². The maximum Gasteiger partial charge on any atom is 0.338 e. The van der Waals surface area contributed by atoms with Gasteiger partial charge in [0.05, 0.1) is 16.9 Å². The van der Waals surface area contributed by atoms with Crippen molar-refractivity contribution in [1.29, 1.82) is 0 Å². The molecule has 0 fully saturated rings. The zero-order valence-electron chi connectivity index (χ0n) is 10.4. The van der Waals surface area contributed by atoms with Gasteiger partial charge in [-0.3, -0.25) is 0 Å². The van der Waals surface area contributed by atoms with Crippen molar-refractivity contribution < 1.29 is 14.3 Å². The van der Waals surface area contributed by atoms with Crippen LogP contribution in [-0.4, -0.2) is 20.6 Å². The molecular formula is C13H14FN3O2. The summed E-state index contributed by atoms with van der Waals surface area (Å²) < 4.78 is 15.4. The van der Waals surface area contributed by atoms with Gasteiger partial charge in [-0.05, 0) is 12.5 Å². The summed E-state index contributed by atoms with van der Waals surface area (Å²) in [5.74, 6) is -1.39. The van der Waals surface area contributed by atoms with Crippen molar-refractivity contribution in [3.05, 3.63) is 41.7 Å². The molecule has 100 valence electrons. The molecular weight excluding hydrogens is 249 g/mol. The fourth-order valence-corrected chi connectivity index (χ4v) is 1.91. The number of nitrogens with two attached hydrogens (primary N) is 1. The molecule has 0 saturated carbocycles. The van der Waals surface area contributed by atoms with Crippen LogP contribution in [0, 0.1) is 5.82 Å². The van der Waals surface area contributed by atoms with Crippen LogP contribution >= 0.6 is 0 Å². The van der Waals surface area contributed by atoms with Gasteiger partial charge in [0.25, 0.3) is 0 Å². The van der Waals surface area contributed by atoms with E-state index in [1.165, 1.54) is 0 Å². The van der Waals surface area contributed by atoms with Gasteiger partial charge >= 0.3 is 5.97 Å². The number of anilines is 1. The Morgan fingerprint density at radius 1 is 1.53 bits per heavy atom. The number of carboxylic acids is 1. The van der Waals surface area contributed by atoms with E-state index in [0.717, 1.165) is 30.8 Å². The predicted octanol–water partition coefficient (Wildman–Crippen LogP) is 2.24. The Kier molecular flexibility index (Phi) is 3.50. The van der Waals surface area contributed by atoms with E-state index in [0.29, 0.717) is 5.69 Å². The fraction of sp³-hybridized carbons (Fsp3) is 0.231. The molecule has 0 bridgehead atoms. The minimum atomic E-state index is -1.34.